The van der Waals surface area contributed by atoms with Gasteiger partial charge in [0.25, 0.3) is 0 Å². The van der Waals surface area contributed by atoms with E-state index in [2.05, 4.69) is 19.7 Å². The van der Waals surface area contributed by atoms with Crippen LogP contribution in [0.4, 0.5) is 21.0 Å². The lowest BCUT2D eigenvalue weighted by Crippen LogP contribution is -2.57. The van der Waals surface area contributed by atoms with E-state index >= 15 is 0 Å². The predicted molar refractivity (Wildman–Crippen MR) is 207 cm³/mol. The number of hydrogen-bond donors (Lipinski definition) is 2. The molecule has 4 heterocycles. The predicted octanol–water partition coefficient (Wildman–Crippen LogP) is 8.20. The van der Waals surface area contributed by atoms with Crippen molar-refractivity contribution in [2.45, 2.75) is 65.0 Å². The second kappa shape index (κ2) is 17.3. The molecule has 2 aromatic heterocycles. The number of carbonyl (C=O) groups is 2. The highest BCUT2D eigenvalue weighted by atomic mass is 35.5. The third-order valence-corrected chi connectivity index (χ3v) is 8.50. The summed E-state index contributed by atoms with van der Waals surface area (Å²) in [4.78, 5) is 41.2. The third-order valence-electron chi connectivity index (χ3n) is 7.70. The molecule has 2 aromatic carbocycles. The maximum absolute atomic E-state index is 12.0. The van der Waals surface area contributed by atoms with Gasteiger partial charge in [-0.25, -0.2) is 19.3 Å². The number of halogens is 2. The lowest BCUT2D eigenvalue weighted by Gasteiger charge is -2.39. The van der Waals surface area contributed by atoms with Crippen LogP contribution < -0.4 is 14.2 Å². The zero-order chi connectivity index (χ0) is 40.8. The van der Waals surface area contributed by atoms with Crippen LogP contribution in [0.2, 0.25) is 10.0 Å². The smallest absolute Gasteiger partial charge is 0.410 e. The van der Waals surface area contributed by atoms with Gasteiger partial charge < -0.3 is 43.7 Å². The van der Waals surface area contributed by atoms with Crippen LogP contribution in [0.1, 0.15) is 41.5 Å². The van der Waals surface area contributed by atoms with Gasteiger partial charge in [-0.2, -0.15) is 0 Å². The molecule has 2 aliphatic heterocycles. The third kappa shape index (κ3) is 10.8. The number of phenolic OH excluding ortho intramolecular Hbond substituents is 1. The second-order valence-electron chi connectivity index (χ2n) is 14.4. The molecule has 55 heavy (non-hydrogen) atoms. The number of rotatable bonds is 4. The first-order valence-corrected chi connectivity index (χ1v) is 17.6. The quantitative estimate of drug-likeness (QED) is 0.192. The van der Waals surface area contributed by atoms with Crippen LogP contribution in [0.25, 0.3) is 31.5 Å². The minimum Gasteiger partial charge on any atom is -0.504 e. The Kier molecular flexibility index (Phi) is 13.3. The first-order chi connectivity index (χ1) is 25.8. The summed E-state index contributed by atoms with van der Waals surface area (Å²) < 4.78 is 26.7. The number of pyridine rings is 2. The van der Waals surface area contributed by atoms with E-state index in [1.807, 2.05) is 41.5 Å². The summed E-state index contributed by atoms with van der Waals surface area (Å²) in [6.45, 7) is 26.6. The number of phenols is 1. The Morgan fingerprint density at radius 3 is 1.60 bits per heavy atom. The van der Waals surface area contributed by atoms with Gasteiger partial charge in [-0.3, -0.25) is 9.97 Å². The number of aromatic hydroxyl groups is 1. The molecule has 0 saturated carbocycles. The van der Waals surface area contributed by atoms with Crippen molar-refractivity contribution in [1.29, 1.82) is 0 Å². The zero-order valence-corrected chi connectivity index (χ0v) is 33.2. The van der Waals surface area contributed by atoms with Gasteiger partial charge in [0.1, 0.15) is 17.3 Å². The van der Waals surface area contributed by atoms with Gasteiger partial charge in [0, 0.05) is 35.3 Å². The number of carbonyl (C=O) groups excluding carboxylic acids is 2. The molecule has 15 nitrogen and oxygen atoms in total. The zero-order valence-electron chi connectivity index (χ0n) is 31.6. The van der Waals surface area contributed by atoms with Gasteiger partial charge >= 0.3 is 12.2 Å². The van der Waals surface area contributed by atoms with Crippen LogP contribution in [0, 0.1) is 13.1 Å². The maximum atomic E-state index is 12.0. The number of nitrogens with zero attached hydrogens (tertiary/aromatic N) is 6. The molecule has 2 amide bonds. The minimum absolute atomic E-state index is 0.0270. The Labute approximate surface area is 328 Å². The summed E-state index contributed by atoms with van der Waals surface area (Å²) in [7, 11) is 2.99. The fourth-order valence-corrected chi connectivity index (χ4v) is 5.48. The van der Waals surface area contributed by atoms with E-state index < -0.39 is 11.2 Å². The second-order valence-corrected chi connectivity index (χ2v) is 15.1. The summed E-state index contributed by atoms with van der Waals surface area (Å²) >= 11 is 12.3. The van der Waals surface area contributed by atoms with Crippen LogP contribution in [-0.2, 0) is 9.47 Å². The van der Waals surface area contributed by atoms with Gasteiger partial charge in [0.15, 0.2) is 23.0 Å². The summed E-state index contributed by atoms with van der Waals surface area (Å²) in [6.07, 6.45) is 1.59. The molecule has 0 aliphatic carbocycles. The number of β-amino-alcohol motifs (C(OH)–C–C–N with tert-alkyl or cyclic N) is 1. The number of aromatic nitrogens is 2. The van der Waals surface area contributed by atoms with E-state index in [-0.39, 0.29) is 46.5 Å². The fourth-order valence-electron chi connectivity index (χ4n) is 4.99. The van der Waals surface area contributed by atoms with Crippen LogP contribution in [0.3, 0.4) is 0 Å². The number of hydrogen-bond acceptors (Lipinski definition) is 11. The van der Waals surface area contributed by atoms with Gasteiger partial charge in [0.2, 0.25) is 11.4 Å². The number of likely N-dealkylation sites (tertiary alicyclic amines) is 2. The average Bonchev–Trinajstić information content (AvgIpc) is 3.07. The Morgan fingerprint density at radius 2 is 1.18 bits per heavy atom. The van der Waals surface area contributed by atoms with Crippen molar-refractivity contribution in [3.8, 4) is 23.0 Å². The summed E-state index contributed by atoms with van der Waals surface area (Å²) in [6, 6.07) is 6.45. The highest BCUT2D eigenvalue weighted by Gasteiger charge is 2.36. The number of amides is 2. The first-order valence-electron chi connectivity index (χ1n) is 16.8. The molecule has 0 atom stereocenters. The van der Waals surface area contributed by atoms with Crippen molar-refractivity contribution in [2.24, 2.45) is 0 Å². The Hall–Kier alpha value is -5.48. The molecule has 2 fully saturated rings. The fraction of sp³-hybridized carbons (Fsp3) is 0.421. The molecule has 0 unspecified atom stereocenters. The van der Waals surface area contributed by atoms with Crippen molar-refractivity contribution in [3.05, 3.63) is 69.5 Å². The molecule has 0 spiro atoms. The number of ether oxygens (including phenoxy) is 5. The normalized spacial score (nSPS) is 14.1. The Morgan fingerprint density at radius 1 is 0.745 bits per heavy atom. The number of methoxy groups -OCH3 is 2. The maximum Gasteiger partial charge on any atom is 0.410 e. The molecule has 0 bridgehead atoms. The molecule has 6 rings (SSSR count). The topological polar surface area (TPSA) is 162 Å². The van der Waals surface area contributed by atoms with E-state index in [9.17, 15) is 14.7 Å². The van der Waals surface area contributed by atoms with Gasteiger partial charge in [-0.15, -0.1) is 0 Å². The van der Waals surface area contributed by atoms with Gasteiger partial charge in [-0.1, -0.05) is 23.2 Å². The highest BCUT2D eigenvalue weighted by molar-refractivity contribution is 6.38. The van der Waals surface area contributed by atoms with Crippen LogP contribution >= 0.6 is 23.2 Å². The largest absolute Gasteiger partial charge is 0.504 e. The lowest BCUT2D eigenvalue weighted by atomic mass is 10.1. The summed E-state index contributed by atoms with van der Waals surface area (Å²) in [5, 5.41) is 20.3. The molecular weight excluding hydrogens is 755 g/mol. The molecule has 0 radical (unpaired) electrons. The molecule has 2 saturated heterocycles. The van der Waals surface area contributed by atoms with Crippen molar-refractivity contribution in [3.63, 3.8) is 0 Å². The standard InChI is InChI=1S/C19H20ClN3O4.C11H7ClN2O2.C8H15NO3/c1-19(2,3)27-18(24)23-9-11(10-23)26-16-6-12-13(7-15(16)25-5)22-8-14(21-4)17(12)20;1-13-8-5-14-7-4-10(16-2)9(15)3-6(7)11(8)12;1-8(2,3)12-7(11)9-4-6(10)5-9/h6-8,11H,9-10H2,1-3,5H3;3-5,15H,2H3;6,10H,4-5H2,1-3H3. The molecule has 2 N–H and O–H groups in total. The Balaban J connectivity index is 0.000000203. The van der Waals surface area contributed by atoms with Gasteiger partial charge in [0.05, 0.1) is 80.7 Å². The van der Waals surface area contributed by atoms with Crippen LogP contribution in [0.15, 0.2) is 36.7 Å². The monoisotopic (exact) mass is 796 g/mol. The minimum atomic E-state index is -0.533. The molecular formula is C38H42Cl2N6O9. The van der Waals surface area contributed by atoms with E-state index in [1.165, 1.54) is 37.6 Å². The van der Waals surface area contributed by atoms with E-state index in [4.69, 9.17) is 65.1 Å². The van der Waals surface area contributed by atoms with Crippen molar-refractivity contribution in [2.75, 3.05) is 40.4 Å². The first kappa shape index (κ1) is 42.3. The number of aliphatic hydroxyl groups excluding tert-OH is 1. The van der Waals surface area contributed by atoms with Crippen molar-refractivity contribution < 1.29 is 43.5 Å². The van der Waals surface area contributed by atoms with Crippen LogP contribution in [-0.4, -0.2) is 106 Å². The molecule has 4 aromatic rings. The SMILES string of the molecule is CC(C)(C)OC(=O)N1CC(O)C1.[C-]#[N+]c1cnc2cc(OC)c(O)cc2c1Cl.[C-]#[N+]c1cnc2cc(OC)c(OC3CN(C(=O)OC(C)(C)C)C3)cc2c1Cl. The Bertz CT molecular complexity index is 2150. The lowest BCUT2D eigenvalue weighted by molar-refractivity contribution is -0.0303. The van der Waals surface area contributed by atoms with E-state index in [1.54, 1.807) is 23.1 Å². The van der Waals surface area contributed by atoms with E-state index in [0.29, 0.717) is 70.3 Å². The number of fused-ring (bicyclic) bond motifs is 2. The molecule has 17 heteroatoms. The van der Waals surface area contributed by atoms with E-state index in [0.717, 1.165) is 0 Å². The average molecular weight is 798 g/mol. The molecule has 2 aliphatic rings. The summed E-state index contributed by atoms with van der Waals surface area (Å²) in [5.41, 5.74) is 0.749. The van der Waals surface area contributed by atoms with Crippen molar-refractivity contribution in [1.82, 2.24) is 19.8 Å². The summed E-state index contributed by atoms with van der Waals surface area (Å²) in [5.74, 6) is 1.30. The van der Waals surface area contributed by atoms with Crippen molar-refractivity contribution >= 4 is 68.6 Å². The highest BCUT2D eigenvalue weighted by Crippen LogP contribution is 2.40. The number of benzene rings is 2. The van der Waals surface area contributed by atoms with Crippen LogP contribution in [0.5, 0.6) is 23.0 Å². The molecule has 292 valence electrons. The number of aliphatic hydroxyl groups is 1. The van der Waals surface area contributed by atoms with Gasteiger partial charge in [-0.05, 0) is 53.7 Å².